The number of carbonyl (C=O) groups excluding carboxylic acids is 1. The highest BCUT2D eigenvalue weighted by atomic mass is 35.5. The molecule has 1 aromatic carbocycles. The highest BCUT2D eigenvalue weighted by molar-refractivity contribution is 6.31. The lowest BCUT2D eigenvalue weighted by atomic mass is 10.0. The summed E-state index contributed by atoms with van der Waals surface area (Å²) in [6.45, 7) is 0.783. The predicted molar refractivity (Wildman–Crippen MR) is 92.1 cm³/mol. The van der Waals surface area contributed by atoms with Gasteiger partial charge in [0.25, 0.3) is 5.91 Å². The van der Waals surface area contributed by atoms with E-state index in [0.29, 0.717) is 30.1 Å². The van der Waals surface area contributed by atoms with Gasteiger partial charge in [0, 0.05) is 55.4 Å². The molecule has 6 nitrogen and oxygen atoms in total. The summed E-state index contributed by atoms with van der Waals surface area (Å²) in [5, 5.41) is 13.8. The van der Waals surface area contributed by atoms with E-state index in [2.05, 4.69) is 15.3 Å². The summed E-state index contributed by atoms with van der Waals surface area (Å²) < 4.78 is 0. The van der Waals surface area contributed by atoms with Gasteiger partial charge >= 0.3 is 0 Å². The lowest BCUT2D eigenvalue weighted by Crippen LogP contribution is -2.30. The minimum Gasteiger partial charge on any atom is -0.391 e. The van der Waals surface area contributed by atoms with Crippen molar-refractivity contribution in [1.82, 2.24) is 14.9 Å². The molecule has 1 saturated heterocycles. The molecule has 3 rings (SSSR count). The third-order valence-electron chi connectivity index (χ3n) is 4.26. The Morgan fingerprint density at radius 1 is 1.42 bits per heavy atom. The third-order valence-corrected chi connectivity index (χ3v) is 4.50. The predicted octanol–water partition coefficient (Wildman–Crippen LogP) is 1.85. The molecular weight excluding hydrogens is 328 g/mol. The molecule has 2 atom stereocenters. The molecule has 2 N–H and O–H groups in total. The molecule has 0 bridgehead atoms. The summed E-state index contributed by atoms with van der Waals surface area (Å²) >= 11 is 6.03. The molecule has 2 aromatic rings. The number of aliphatic hydroxyl groups excluding tert-OH is 1. The van der Waals surface area contributed by atoms with E-state index in [-0.39, 0.29) is 11.8 Å². The molecule has 1 fully saturated rings. The molecule has 1 aromatic heterocycles. The Hall–Kier alpha value is -2.18. The molecule has 0 spiro atoms. The normalized spacial score (nSPS) is 20.2. The van der Waals surface area contributed by atoms with Gasteiger partial charge in [-0.15, -0.1) is 0 Å². The molecule has 126 valence electrons. The highest BCUT2D eigenvalue weighted by Gasteiger charge is 2.35. The van der Waals surface area contributed by atoms with Gasteiger partial charge in [-0.3, -0.25) is 14.8 Å². The van der Waals surface area contributed by atoms with E-state index in [1.54, 1.807) is 48.7 Å². The van der Waals surface area contributed by atoms with E-state index in [0.717, 1.165) is 11.4 Å². The molecule has 0 unspecified atom stereocenters. The molecule has 1 aliphatic rings. The van der Waals surface area contributed by atoms with Crippen molar-refractivity contribution < 1.29 is 9.90 Å². The standard InChI is InChI=1S/C17H19ClN4O2/c1-19-15-3-2-12(18)7-14(15)17(24)22-9-11(16(23)10-22)6-13-8-20-4-5-21-13/h2-5,7-8,11,16,19,23H,6,9-10H2,1H3/t11-,16-/m1/s1. The lowest BCUT2D eigenvalue weighted by Gasteiger charge is -2.18. The lowest BCUT2D eigenvalue weighted by molar-refractivity contribution is 0.0765. The maximum atomic E-state index is 12.8. The van der Waals surface area contributed by atoms with E-state index in [4.69, 9.17) is 11.6 Å². The molecule has 24 heavy (non-hydrogen) atoms. The van der Waals surface area contributed by atoms with Crippen LogP contribution in [0.15, 0.2) is 36.8 Å². The molecule has 0 aliphatic carbocycles. The number of halogens is 1. The first-order valence-electron chi connectivity index (χ1n) is 7.78. The molecule has 0 saturated carbocycles. The van der Waals surface area contributed by atoms with Gasteiger partial charge < -0.3 is 15.3 Å². The third kappa shape index (κ3) is 3.49. The number of β-amino-alcohol motifs (C(OH)–C–C–N with tert-alkyl or cyclic N) is 1. The average molecular weight is 347 g/mol. The van der Waals surface area contributed by atoms with Gasteiger partial charge in [-0.2, -0.15) is 0 Å². The van der Waals surface area contributed by atoms with Crippen LogP contribution in [0.1, 0.15) is 16.1 Å². The first-order valence-corrected chi connectivity index (χ1v) is 8.16. The van der Waals surface area contributed by atoms with Crippen LogP contribution in [0.25, 0.3) is 0 Å². The van der Waals surface area contributed by atoms with Crippen LogP contribution >= 0.6 is 11.6 Å². The fraction of sp³-hybridized carbons (Fsp3) is 0.353. The second-order valence-corrected chi connectivity index (χ2v) is 6.31. The zero-order valence-corrected chi connectivity index (χ0v) is 14.1. The van der Waals surface area contributed by atoms with Crippen molar-refractivity contribution in [1.29, 1.82) is 0 Å². The van der Waals surface area contributed by atoms with Gasteiger partial charge in [0.2, 0.25) is 0 Å². The van der Waals surface area contributed by atoms with Crippen molar-refractivity contribution >= 4 is 23.2 Å². The number of anilines is 1. The van der Waals surface area contributed by atoms with E-state index in [1.165, 1.54) is 0 Å². The zero-order valence-electron chi connectivity index (χ0n) is 13.3. The van der Waals surface area contributed by atoms with Crippen molar-refractivity contribution in [3.63, 3.8) is 0 Å². The SMILES string of the molecule is CNc1ccc(Cl)cc1C(=O)N1C[C@@H](Cc2cnccn2)[C@H](O)C1. The Kier molecular flexibility index (Phi) is 4.97. The first kappa shape index (κ1) is 16.7. The average Bonchev–Trinajstić information content (AvgIpc) is 2.96. The number of carbonyl (C=O) groups is 1. The number of rotatable bonds is 4. The number of hydrogen-bond acceptors (Lipinski definition) is 5. The second kappa shape index (κ2) is 7.15. The van der Waals surface area contributed by atoms with Gasteiger partial charge in [0.1, 0.15) is 0 Å². The highest BCUT2D eigenvalue weighted by Crippen LogP contribution is 2.26. The van der Waals surface area contributed by atoms with Gasteiger partial charge in [0.05, 0.1) is 17.4 Å². The van der Waals surface area contributed by atoms with Crippen molar-refractivity contribution in [3.05, 3.63) is 53.1 Å². The molecule has 2 heterocycles. The number of nitrogens with one attached hydrogen (secondary N) is 1. The van der Waals surface area contributed by atoms with Crippen LogP contribution in [0.5, 0.6) is 0 Å². The van der Waals surface area contributed by atoms with Crippen LogP contribution in [0.3, 0.4) is 0 Å². The topological polar surface area (TPSA) is 78.4 Å². The van der Waals surface area contributed by atoms with Crippen molar-refractivity contribution in [2.45, 2.75) is 12.5 Å². The monoisotopic (exact) mass is 346 g/mol. The van der Waals surface area contributed by atoms with Crippen LogP contribution in [-0.4, -0.2) is 52.1 Å². The first-order chi connectivity index (χ1) is 11.6. The Morgan fingerprint density at radius 3 is 2.96 bits per heavy atom. The Labute approximate surface area is 145 Å². The van der Waals surface area contributed by atoms with E-state index in [9.17, 15) is 9.90 Å². The maximum absolute atomic E-state index is 12.8. The van der Waals surface area contributed by atoms with Gasteiger partial charge in [0.15, 0.2) is 0 Å². The minimum absolute atomic E-state index is 0.0529. The van der Waals surface area contributed by atoms with Gasteiger partial charge in [-0.05, 0) is 24.6 Å². The Morgan fingerprint density at radius 2 is 2.25 bits per heavy atom. The molecule has 0 radical (unpaired) electrons. The minimum atomic E-state index is -0.576. The summed E-state index contributed by atoms with van der Waals surface area (Å²) in [5.74, 6) is -0.189. The number of benzene rings is 1. The van der Waals surface area contributed by atoms with Crippen molar-refractivity contribution in [3.8, 4) is 0 Å². The van der Waals surface area contributed by atoms with Crippen LogP contribution in [0.4, 0.5) is 5.69 Å². The largest absolute Gasteiger partial charge is 0.391 e. The summed E-state index contributed by atoms with van der Waals surface area (Å²) in [5.41, 5.74) is 2.04. The maximum Gasteiger partial charge on any atom is 0.256 e. The number of aromatic nitrogens is 2. The molecule has 1 amide bonds. The van der Waals surface area contributed by atoms with E-state index in [1.807, 2.05) is 0 Å². The number of amides is 1. The smallest absolute Gasteiger partial charge is 0.256 e. The van der Waals surface area contributed by atoms with E-state index < -0.39 is 6.10 Å². The second-order valence-electron chi connectivity index (χ2n) is 5.88. The molecule has 1 aliphatic heterocycles. The number of hydrogen-bond donors (Lipinski definition) is 2. The summed E-state index contributed by atoms with van der Waals surface area (Å²) in [6, 6.07) is 5.16. The van der Waals surface area contributed by atoms with E-state index >= 15 is 0 Å². The summed E-state index contributed by atoms with van der Waals surface area (Å²) in [6.07, 6.45) is 4.95. The summed E-state index contributed by atoms with van der Waals surface area (Å²) in [4.78, 5) is 22.8. The Bertz CT molecular complexity index is 726. The Balaban J connectivity index is 1.74. The van der Waals surface area contributed by atoms with Gasteiger partial charge in [-0.25, -0.2) is 0 Å². The number of nitrogens with zero attached hydrogens (tertiary/aromatic N) is 3. The van der Waals surface area contributed by atoms with Crippen LogP contribution < -0.4 is 5.32 Å². The quantitative estimate of drug-likeness (QED) is 0.883. The van der Waals surface area contributed by atoms with Crippen LogP contribution in [-0.2, 0) is 6.42 Å². The van der Waals surface area contributed by atoms with Crippen LogP contribution in [0, 0.1) is 5.92 Å². The molecular formula is C17H19ClN4O2. The fourth-order valence-corrected chi connectivity index (χ4v) is 3.18. The van der Waals surface area contributed by atoms with Crippen molar-refractivity contribution in [2.75, 3.05) is 25.5 Å². The van der Waals surface area contributed by atoms with Gasteiger partial charge in [-0.1, -0.05) is 11.6 Å². The number of aliphatic hydroxyl groups is 1. The fourth-order valence-electron chi connectivity index (χ4n) is 3.01. The van der Waals surface area contributed by atoms with Crippen molar-refractivity contribution in [2.24, 2.45) is 5.92 Å². The molecule has 7 heteroatoms. The van der Waals surface area contributed by atoms with Crippen LogP contribution in [0.2, 0.25) is 5.02 Å². The number of likely N-dealkylation sites (tertiary alicyclic amines) is 1. The summed E-state index contributed by atoms with van der Waals surface area (Å²) in [7, 11) is 1.76. The zero-order chi connectivity index (χ0) is 17.1.